The van der Waals surface area contributed by atoms with Crippen LogP contribution < -0.4 is 0 Å². The fourth-order valence-electron chi connectivity index (χ4n) is 0. The Bertz CT molecular complexity index is 5.61. The van der Waals surface area contributed by atoms with Gasteiger partial charge >= 0.3 is 23.1 Å². The Labute approximate surface area is 50.1 Å². The molecule has 0 aromatic heterocycles. The molecule has 0 heterocycles. The number of hydrogen-bond donors (Lipinski definition) is 0. The van der Waals surface area contributed by atoms with Crippen LogP contribution in [-0.4, -0.2) is 23.1 Å². The molecule has 0 nitrogen and oxygen atoms in total. The third-order valence-electron chi connectivity index (χ3n) is 0.250. The molecule has 26 valence electrons. The van der Waals surface area contributed by atoms with Crippen LogP contribution in [0.25, 0.3) is 0 Å². The van der Waals surface area contributed by atoms with Gasteiger partial charge in [0.15, 0.2) is 0 Å². The van der Waals surface area contributed by atoms with Crippen molar-refractivity contribution in [1.82, 2.24) is 0 Å². The summed E-state index contributed by atoms with van der Waals surface area (Å²) in [6, 6.07) is 0. The van der Waals surface area contributed by atoms with Crippen molar-refractivity contribution in [2.75, 3.05) is 0 Å². The molecule has 0 aromatic rings. The second-order valence-electron chi connectivity index (χ2n) is 0.707. The van der Waals surface area contributed by atoms with E-state index in [0.29, 0.717) is 0 Å². The van der Waals surface area contributed by atoms with E-state index in [0.717, 1.165) is 12.8 Å². The van der Waals surface area contributed by atoms with Crippen molar-refractivity contribution in [3.8, 4) is 0 Å². The van der Waals surface area contributed by atoms with E-state index in [4.69, 9.17) is 0 Å². The van der Waals surface area contributed by atoms with Gasteiger partial charge in [0.05, 0.1) is 0 Å². The van der Waals surface area contributed by atoms with Crippen LogP contribution in [0, 0.1) is 13.8 Å². The molecule has 0 aliphatic heterocycles. The van der Waals surface area contributed by atoms with E-state index in [1.54, 1.807) is 0 Å². The quantitative estimate of drug-likeness (QED) is 0.326. The Morgan fingerprint density at radius 1 is 1.00 bits per heavy atom. The molecule has 0 bridgehead atoms. The van der Waals surface area contributed by atoms with Gasteiger partial charge in [-0.2, -0.15) is 0 Å². The Morgan fingerprint density at radius 3 is 1.20 bits per heavy atom. The summed E-state index contributed by atoms with van der Waals surface area (Å²) in [5.74, 6) is 0. The van der Waals surface area contributed by atoms with E-state index in [1.165, 1.54) is 0 Å². The molecule has 1 heteroatoms. The van der Waals surface area contributed by atoms with Crippen LogP contribution in [0.4, 0.5) is 0 Å². The molecule has 0 aliphatic rings. The fraction of sp³-hybridized carbons (Fsp3) is 0.500. The van der Waals surface area contributed by atoms with Gasteiger partial charge in [0, 0.05) is 0 Å². The minimum atomic E-state index is 0. The SMILES string of the molecule is [CH2-]CC[CH2-].[Mg+2]. The van der Waals surface area contributed by atoms with E-state index in [1.807, 2.05) is 0 Å². The standard InChI is InChI=1S/C4H8.Mg/c1-3-4-2;/h1-4H2;/q-2;+2. The van der Waals surface area contributed by atoms with Crippen molar-refractivity contribution in [2.24, 2.45) is 0 Å². The van der Waals surface area contributed by atoms with Gasteiger partial charge in [-0.15, -0.1) is 0 Å². The predicted octanol–water partition coefficient (Wildman–Crippen LogP) is 1.05. The van der Waals surface area contributed by atoms with Crippen molar-refractivity contribution in [2.45, 2.75) is 12.8 Å². The number of rotatable bonds is 1. The van der Waals surface area contributed by atoms with Crippen molar-refractivity contribution in [3.05, 3.63) is 13.8 Å². The van der Waals surface area contributed by atoms with Gasteiger partial charge in [0.1, 0.15) is 0 Å². The Morgan fingerprint density at radius 2 is 1.20 bits per heavy atom. The average Bonchev–Trinajstić information content (AvgIpc) is 1.37. The summed E-state index contributed by atoms with van der Waals surface area (Å²) < 4.78 is 0. The second-order valence-corrected chi connectivity index (χ2v) is 0.707. The van der Waals surface area contributed by atoms with Crippen molar-refractivity contribution < 1.29 is 0 Å². The average molecular weight is 80.4 g/mol. The second kappa shape index (κ2) is 8.84. The zero-order valence-electron chi connectivity index (χ0n) is 3.54. The van der Waals surface area contributed by atoms with Crippen LogP contribution in [0.1, 0.15) is 12.8 Å². The van der Waals surface area contributed by atoms with Gasteiger partial charge in [0.25, 0.3) is 0 Å². The van der Waals surface area contributed by atoms with Crippen LogP contribution in [0.5, 0.6) is 0 Å². The van der Waals surface area contributed by atoms with Crippen molar-refractivity contribution >= 4 is 23.1 Å². The minimum absolute atomic E-state index is 0. The summed E-state index contributed by atoms with van der Waals surface area (Å²) in [6.45, 7) is 7.08. The molecule has 0 radical (unpaired) electrons. The fourth-order valence-corrected chi connectivity index (χ4v) is 0. The molecule has 0 spiro atoms. The first-order chi connectivity index (χ1) is 1.91. The normalized spacial score (nSPS) is 6.00. The van der Waals surface area contributed by atoms with Crippen LogP contribution in [0.2, 0.25) is 0 Å². The number of unbranched alkanes of at least 4 members (excludes halogenated alkanes) is 1. The third kappa shape index (κ3) is 11.7. The maximum absolute atomic E-state index is 3.54. The molecular weight excluding hydrogens is 72.3 g/mol. The topological polar surface area (TPSA) is 0 Å². The first kappa shape index (κ1) is 9.23. The summed E-state index contributed by atoms with van der Waals surface area (Å²) in [4.78, 5) is 0. The van der Waals surface area contributed by atoms with Gasteiger partial charge in [-0.05, 0) is 0 Å². The van der Waals surface area contributed by atoms with Crippen molar-refractivity contribution in [3.63, 3.8) is 0 Å². The Hall–Kier alpha value is 0.766. The predicted molar refractivity (Wildman–Crippen MR) is 25.7 cm³/mol. The van der Waals surface area contributed by atoms with Crippen LogP contribution in [0.15, 0.2) is 0 Å². The van der Waals surface area contributed by atoms with Crippen molar-refractivity contribution in [1.29, 1.82) is 0 Å². The van der Waals surface area contributed by atoms with Gasteiger partial charge in [-0.25, -0.2) is 12.8 Å². The molecule has 0 amide bonds. The molecule has 0 saturated carbocycles. The van der Waals surface area contributed by atoms with Crippen LogP contribution >= 0.6 is 0 Å². The Kier molecular flexibility index (Phi) is 16.3. The maximum atomic E-state index is 3.54. The van der Waals surface area contributed by atoms with Gasteiger partial charge in [-0.1, -0.05) is 0 Å². The first-order valence-corrected chi connectivity index (χ1v) is 1.50. The zero-order chi connectivity index (χ0) is 3.41. The van der Waals surface area contributed by atoms with E-state index in [9.17, 15) is 0 Å². The van der Waals surface area contributed by atoms with E-state index >= 15 is 0 Å². The molecule has 0 saturated heterocycles. The van der Waals surface area contributed by atoms with Gasteiger partial charge in [-0.3, -0.25) is 0 Å². The van der Waals surface area contributed by atoms with Crippen LogP contribution in [-0.2, 0) is 0 Å². The third-order valence-corrected chi connectivity index (χ3v) is 0.250. The molecule has 0 atom stereocenters. The summed E-state index contributed by atoms with van der Waals surface area (Å²) in [5, 5.41) is 0. The number of hydrogen-bond acceptors (Lipinski definition) is 0. The molecule has 0 fully saturated rings. The largest absolute Gasteiger partial charge is 2.00 e. The van der Waals surface area contributed by atoms with E-state index in [2.05, 4.69) is 13.8 Å². The molecule has 5 heavy (non-hydrogen) atoms. The van der Waals surface area contributed by atoms with E-state index < -0.39 is 0 Å². The molecule has 0 aliphatic carbocycles. The smallest absolute Gasteiger partial charge is 0.346 e. The summed E-state index contributed by atoms with van der Waals surface area (Å²) in [7, 11) is 0. The van der Waals surface area contributed by atoms with Crippen LogP contribution in [0.3, 0.4) is 0 Å². The monoisotopic (exact) mass is 80.0 g/mol. The Balaban J connectivity index is 0. The summed E-state index contributed by atoms with van der Waals surface area (Å²) in [6.07, 6.45) is 1.92. The van der Waals surface area contributed by atoms with Gasteiger partial charge in [0.2, 0.25) is 0 Å². The molecule has 0 rings (SSSR count). The summed E-state index contributed by atoms with van der Waals surface area (Å²) >= 11 is 0. The molecular formula is C4H8Mg. The van der Waals surface area contributed by atoms with Gasteiger partial charge < -0.3 is 13.8 Å². The minimum Gasteiger partial charge on any atom is -0.346 e. The maximum Gasteiger partial charge on any atom is 2.00 e. The first-order valence-electron chi connectivity index (χ1n) is 1.50. The zero-order valence-corrected chi connectivity index (χ0v) is 4.95. The van der Waals surface area contributed by atoms with E-state index in [-0.39, 0.29) is 23.1 Å². The molecule has 0 N–H and O–H groups in total. The molecule has 0 unspecified atom stereocenters. The molecule has 0 aromatic carbocycles. The summed E-state index contributed by atoms with van der Waals surface area (Å²) in [5.41, 5.74) is 0.